The highest BCUT2D eigenvalue weighted by atomic mass is 127. The van der Waals surface area contributed by atoms with Crippen LogP contribution in [0.15, 0.2) is 4.99 Å². The first-order chi connectivity index (χ1) is 8.83. The first-order valence-corrected chi connectivity index (χ1v) is 6.74. The molecule has 0 unspecified atom stereocenters. The van der Waals surface area contributed by atoms with Crippen molar-refractivity contribution in [1.29, 1.82) is 0 Å². The molecule has 0 saturated carbocycles. The standard InChI is InChI=1S/C12H26N4O2.HI/c1-2-17-9-5-15-12(13)14-4-3-6-16-7-10-18-11-8-16;/h2-11H2,1H3,(H3,13,14,15);1H. The van der Waals surface area contributed by atoms with E-state index in [-0.39, 0.29) is 24.0 Å². The summed E-state index contributed by atoms with van der Waals surface area (Å²) >= 11 is 0. The molecule has 1 saturated heterocycles. The Morgan fingerprint density at radius 1 is 1.42 bits per heavy atom. The normalized spacial score (nSPS) is 17.0. The van der Waals surface area contributed by atoms with Crippen molar-refractivity contribution in [2.75, 3.05) is 59.2 Å². The monoisotopic (exact) mass is 386 g/mol. The number of hydrogen-bond acceptors (Lipinski definition) is 4. The SMILES string of the molecule is CCOCCNC(N)=NCCCN1CCOCC1.I. The maximum Gasteiger partial charge on any atom is 0.188 e. The van der Waals surface area contributed by atoms with E-state index in [1.54, 1.807) is 0 Å². The number of ether oxygens (including phenoxy) is 2. The molecule has 0 aromatic rings. The van der Waals surface area contributed by atoms with Gasteiger partial charge >= 0.3 is 0 Å². The Bertz CT molecular complexity index is 236. The van der Waals surface area contributed by atoms with E-state index in [0.717, 1.165) is 52.4 Å². The Kier molecular flexibility index (Phi) is 12.8. The molecule has 0 spiro atoms. The molecule has 1 rings (SSSR count). The van der Waals surface area contributed by atoms with E-state index < -0.39 is 0 Å². The van der Waals surface area contributed by atoms with Crippen LogP contribution in [0, 0.1) is 0 Å². The van der Waals surface area contributed by atoms with E-state index in [2.05, 4.69) is 15.2 Å². The van der Waals surface area contributed by atoms with Crippen molar-refractivity contribution in [3.05, 3.63) is 0 Å². The number of halogens is 1. The molecule has 0 bridgehead atoms. The zero-order chi connectivity index (χ0) is 13.1. The number of guanidine groups is 1. The highest BCUT2D eigenvalue weighted by molar-refractivity contribution is 14.0. The van der Waals surface area contributed by atoms with Crippen LogP contribution in [-0.2, 0) is 9.47 Å². The van der Waals surface area contributed by atoms with Crippen LogP contribution in [0.25, 0.3) is 0 Å². The molecule has 6 nitrogen and oxygen atoms in total. The molecule has 1 heterocycles. The topological polar surface area (TPSA) is 72.1 Å². The minimum Gasteiger partial charge on any atom is -0.380 e. The van der Waals surface area contributed by atoms with Gasteiger partial charge in [0.2, 0.25) is 0 Å². The van der Waals surface area contributed by atoms with Gasteiger partial charge in [0.25, 0.3) is 0 Å². The molecule has 0 atom stereocenters. The molecule has 19 heavy (non-hydrogen) atoms. The number of aliphatic imine (C=N–C) groups is 1. The summed E-state index contributed by atoms with van der Waals surface area (Å²) in [6.07, 6.45) is 1.04. The van der Waals surface area contributed by atoms with Crippen molar-refractivity contribution in [3.63, 3.8) is 0 Å². The van der Waals surface area contributed by atoms with Crippen molar-refractivity contribution in [1.82, 2.24) is 10.2 Å². The van der Waals surface area contributed by atoms with E-state index >= 15 is 0 Å². The first-order valence-electron chi connectivity index (χ1n) is 6.74. The maximum atomic E-state index is 5.72. The predicted octanol–water partition coefficient (Wildman–Crippen LogP) is 0.268. The average Bonchev–Trinajstić information content (AvgIpc) is 2.41. The van der Waals surface area contributed by atoms with Crippen LogP contribution in [0.5, 0.6) is 0 Å². The van der Waals surface area contributed by atoms with Crippen molar-refractivity contribution in [3.8, 4) is 0 Å². The van der Waals surface area contributed by atoms with Crippen molar-refractivity contribution in [2.45, 2.75) is 13.3 Å². The minimum atomic E-state index is 0. The summed E-state index contributed by atoms with van der Waals surface area (Å²) in [5.74, 6) is 0.511. The lowest BCUT2D eigenvalue weighted by Crippen LogP contribution is -2.37. The number of hydrogen-bond donors (Lipinski definition) is 2. The van der Waals surface area contributed by atoms with Crippen LogP contribution in [-0.4, -0.2) is 70.0 Å². The lowest BCUT2D eigenvalue weighted by molar-refractivity contribution is 0.0377. The Morgan fingerprint density at radius 3 is 2.84 bits per heavy atom. The summed E-state index contributed by atoms with van der Waals surface area (Å²) in [7, 11) is 0. The second kappa shape index (κ2) is 12.9. The van der Waals surface area contributed by atoms with Gasteiger partial charge in [0.1, 0.15) is 0 Å². The maximum absolute atomic E-state index is 5.72. The summed E-state index contributed by atoms with van der Waals surface area (Å²) in [6, 6.07) is 0. The van der Waals surface area contributed by atoms with Crippen LogP contribution < -0.4 is 11.1 Å². The molecule has 1 aliphatic rings. The van der Waals surface area contributed by atoms with Gasteiger partial charge in [-0.05, 0) is 13.3 Å². The number of nitrogens with one attached hydrogen (secondary N) is 1. The van der Waals surface area contributed by atoms with Crippen LogP contribution in [0.1, 0.15) is 13.3 Å². The number of morpholine rings is 1. The molecule has 0 aliphatic carbocycles. The fourth-order valence-corrected chi connectivity index (χ4v) is 1.77. The summed E-state index contributed by atoms with van der Waals surface area (Å²) in [5, 5.41) is 3.03. The fourth-order valence-electron chi connectivity index (χ4n) is 1.77. The highest BCUT2D eigenvalue weighted by Gasteiger charge is 2.08. The molecule has 1 aliphatic heterocycles. The number of nitrogens with two attached hydrogens (primary N) is 1. The number of nitrogens with zero attached hydrogens (tertiary/aromatic N) is 2. The molecule has 7 heteroatoms. The van der Waals surface area contributed by atoms with Gasteiger partial charge < -0.3 is 20.5 Å². The largest absolute Gasteiger partial charge is 0.380 e. The molecule has 0 aromatic heterocycles. The second-order valence-corrected chi connectivity index (χ2v) is 4.20. The molecular weight excluding hydrogens is 359 g/mol. The van der Waals surface area contributed by atoms with Gasteiger partial charge in [0.05, 0.1) is 19.8 Å². The molecule has 0 radical (unpaired) electrons. The van der Waals surface area contributed by atoms with E-state index in [4.69, 9.17) is 15.2 Å². The Balaban J connectivity index is 0.00000324. The van der Waals surface area contributed by atoms with Gasteiger partial charge in [-0.25, -0.2) is 0 Å². The van der Waals surface area contributed by atoms with Crippen LogP contribution >= 0.6 is 24.0 Å². The molecule has 114 valence electrons. The summed E-state index contributed by atoms with van der Waals surface area (Å²) in [6.45, 7) is 9.70. The summed E-state index contributed by atoms with van der Waals surface area (Å²) < 4.78 is 10.5. The first kappa shape index (κ1) is 18.9. The Morgan fingerprint density at radius 2 is 2.16 bits per heavy atom. The third kappa shape index (κ3) is 10.3. The highest BCUT2D eigenvalue weighted by Crippen LogP contribution is 1.97. The third-order valence-electron chi connectivity index (χ3n) is 2.77. The average molecular weight is 386 g/mol. The Hall–Kier alpha value is -0.120. The number of rotatable bonds is 8. The lowest BCUT2D eigenvalue weighted by atomic mass is 10.3. The smallest absolute Gasteiger partial charge is 0.188 e. The fraction of sp³-hybridized carbons (Fsp3) is 0.917. The van der Waals surface area contributed by atoms with Gasteiger partial charge in [0.15, 0.2) is 5.96 Å². The quantitative estimate of drug-likeness (QED) is 0.271. The second-order valence-electron chi connectivity index (χ2n) is 4.20. The van der Waals surface area contributed by atoms with E-state index in [9.17, 15) is 0 Å². The zero-order valence-electron chi connectivity index (χ0n) is 11.8. The lowest BCUT2D eigenvalue weighted by Gasteiger charge is -2.26. The van der Waals surface area contributed by atoms with Crippen molar-refractivity contribution >= 4 is 29.9 Å². The van der Waals surface area contributed by atoms with Crippen LogP contribution in [0.4, 0.5) is 0 Å². The third-order valence-corrected chi connectivity index (χ3v) is 2.77. The molecule has 3 N–H and O–H groups in total. The minimum absolute atomic E-state index is 0. The molecular formula is C12H27IN4O2. The zero-order valence-corrected chi connectivity index (χ0v) is 14.1. The molecule has 0 aromatic carbocycles. The summed E-state index contributed by atoms with van der Waals surface area (Å²) in [4.78, 5) is 6.68. The van der Waals surface area contributed by atoms with E-state index in [1.807, 2.05) is 6.92 Å². The van der Waals surface area contributed by atoms with Gasteiger partial charge in [-0.3, -0.25) is 9.89 Å². The van der Waals surface area contributed by atoms with Crippen molar-refractivity contribution in [2.24, 2.45) is 10.7 Å². The molecule has 1 fully saturated rings. The van der Waals surface area contributed by atoms with Gasteiger partial charge in [-0.2, -0.15) is 0 Å². The van der Waals surface area contributed by atoms with Gasteiger partial charge in [-0.1, -0.05) is 0 Å². The Labute approximate surface area is 133 Å². The molecule has 0 amide bonds. The predicted molar refractivity (Wildman–Crippen MR) is 88.3 cm³/mol. The van der Waals surface area contributed by atoms with Crippen LogP contribution in [0.3, 0.4) is 0 Å². The van der Waals surface area contributed by atoms with Crippen molar-refractivity contribution < 1.29 is 9.47 Å². The van der Waals surface area contributed by atoms with E-state index in [0.29, 0.717) is 19.1 Å². The van der Waals surface area contributed by atoms with Gasteiger partial charge in [-0.15, -0.1) is 24.0 Å². The van der Waals surface area contributed by atoms with Gasteiger partial charge in [0, 0.05) is 39.3 Å². The van der Waals surface area contributed by atoms with E-state index in [1.165, 1.54) is 0 Å². The van der Waals surface area contributed by atoms with Crippen LogP contribution in [0.2, 0.25) is 0 Å². The summed E-state index contributed by atoms with van der Waals surface area (Å²) in [5.41, 5.74) is 5.72.